The van der Waals surface area contributed by atoms with Crippen molar-refractivity contribution >= 4 is 23.5 Å². The molecule has 0 bridgehead atoms. The minimum absolute atomic E-state index is 0.250. The molecule has 0 spiro atoms. The normalized spacial score (nSPS) is 10.0. The summed E-state index contributed by atoms with van der Waals surface area (Å²) in [6.45, 7) is 4.50. The maximum atomic E-state index is 8.58. The molecule has 1 heterocycles. The first kappa shape index (κ1) is 12.6. The number of carbonyl (C=O) groups excluding carboxylic acids is 1. The third kappa shape index (κ3) is 5.31. The van der Waals surface area contributed by atoms with Crippen LogP contribution in [0.2, 0.25) is 0 Å². The zero-order chi connectivity index (χ0) is 10.8. The molecule has 0 atom stereocenters. The monoisotopic (exact) mass is 214 g/mol. The highest BCUT2D eigenvalue weighted by Crippen LogP contribution is 2.09. The van der Waals surface area contributed by atoms with E-state index in [4.69, 9.17) is 9.63 Å². The van der Waals surface area contributed by atoms with E-state index in [0.29, 0.717) is 6.61 Å². The SMILES string of the molecule is CCO/N=C(\C)c1cccs1.NC=O. The fourth-order valence-electron chi connectivity index (χ4n) is 0.691. The van der Waals surface area contributed by atoms with Crippen LogP contribution < -0.4 is 5.73 Å². The predicted octanol–water partition coefficient (Wildman–Crippen LogP) is 1.61. The van der Waals surface area contributed by atoms with E-state index in [1.807, 2.05) is 31.4 Å². The number of nitrogens with zero attached hydrogens (tertiary/aromatic N) is 1. The molecule has 5 heteroatoms. The van der Waals surface area contributed by atoms with Crippen molar-refractivity contribution in [1.82, 2.24) is 0 Å². The molecule has 1 aromatic heterocycles. The van der Waals surface area contributed by atoms with Crippen molar-refractivity contribution in [1.29, 1.82) is 0 Å². The first-order chi connectivity index (χ1) is 6.76. The lowest BCUT2D eigenvalue weighted by molar-refractivity contribution is -0.106. The average molecular weight is 214 g/mol. The number of rotatable bonds is 3. The summed E-state index contributed by atoms with van der Waals surface area (Å²) in [5.74, 6) is 0. The molecule has 0 fully saturated rings. The summed E-state index contributed by atoms with van der Waals surface area (Å²) < 4.78 is 0. The quantitative estimate of drug-likeness (QED) is 0.472. The minimum atomic E-state index is 0.250. The molecule has 1 aromatic rings. The molecule has 0 aliphatic heterocycles. The van der Waals surface area contributed by atoms with Crippen molar-refractivity contribution in [2.75, 3.05) is 6.61 Å². The average Bonchev–Trinajstić information content (AvgIpc) is 2.68. The number of thiophene rings is 1. The third-order valence-corrected chi connectivity index (χ3v) is 2.19. The van der Waals surface area contributed by atoms with Gasteiger partial charge in [-0.3, -0.25) is 4.79 Å². The zero-order valence-corrected chi connectivity index (χ0v) is 9.08. The van der Waals surface area contributed by atoms with Crippen LogP contribution in [0.25, 0.3) is 0 Å². The Balaban J connectivity index is 0.000000500. The molecule has 4 nitrogen and oxygen atoms in total. The Bertz CT molecular complexity index is 270. The molecule has 1 rings (SSSR count). The third-order valence-electron chi connectivity index (χ3n) is 1.21. The smallest absolute Gasteiger partial charge is 0.204 e. The van der Waals surface area contributed by atoms with Gasteiger partial charge in [0.05, 0.1) is 10.6 Å². The largest absolute Gasteiger partial charge is 0.396 e. The topological polar surface area (TPSA) is 64.7 Å². The van der Waals surface area contributed by atoms with E-state index in [0.717, 1.165) is 5.71 Å². The predicted molar refractivity (Wildman–Crippen MR) is 58.4 cm³/mol. The summed E-state index contributed by atoms with van der Waals surface area (Å²) in [7, 11) is 0. The second kappa shape index (κ2) is 8.25. The molecular weight excluding hydrogens is 200 g/mol. The standard InChI is InChI=1S/C8H11NOS.CH3NO/c1-3-10-9-7(2)8-5-4-6-11-8;2-1-3/h4-6H,3H2,1-2H3;1H,(H2,2,3)/b9-7+;. The van der Waals surface area contributed by atoms with Crippen LogP contribution in [0.5, 0.6) is 0 Å². The van der Waals surface area contributed by atoms with Crippen LogP contribution in [0.15, 0.2) is 22.7 Å². The highest BCUT2D eigenvalue weighted by molar-refractivity contribution is 7.12. The van der Waals surface area contributed by atoms with Gasteiger partial charge in [0.25, 0.3) is 0 Å². The molecule has 78 valence electrons. The Hall–Kier alpha value is -1.36. The van der Waals surface area contributed by atoms with E-state index in [9.17, 15) is 0 Å². The lowest BCUT2D eigenvalue weighted by atomic mass is 10.3. The van der Waals surface area contributed by atoms with Crippen LogP contribution in [0.1, 0.15) is 18.7 Å². The van der Waals surface area contributed by atoms with Crippen molar-refractivity contribution in [3.63, 3.8) is 0 Å². The minimum Gasteiger partial charge on any atom is -0.396 e. The zero-order valence-electron chi connectivity index (χ0n) is 8.27. The second-order valence-corrected chi connectivity index (χ2v) is 3.16. The van der Waals surface area contributed by atoms with E-state index >= 15 is 0 Å². The van der Waals surface area contributed by atoms with Gasteiger partial charge >= 0.3 is 0 Å². The molecule has 2 N–H and O–H groups in total. The highest BCUT2D eigenvalue weighted by Gasteiger charge is 1.96. The van der Waals surface area contributed by atoms with Crippen LogP contribution >= 0.6 is 11.3 Å². The van der Waals surface area contributed by atoms with E-state index in [-0.39, 0.29) is 6.41 Å². The molecular formula is C9H14N2O2S. The van der Waals surface area contributed by atoms with Gasteiger partial charge in [0.2, 0.25) is 6.41 Å². The summed E-state index contributed by atoms with van der Waals surface area (Å²) >= 11 is 1.67. The Morgan fingerprint density at radius 2 is 2.43 bits per heavy atom. The molecule has 0 saturated heterocycles. The van der Waals surface area contributed by atoms with Gasteiger partial charge in [-0.1, -0.05) is 11.2 Å². The molecule has 0 aliphatic rings. The maximum absolute atomic E-state index is 8.58. The van der Waals surface area contributed by atoms with Crippen LogP contribution in [-0.2, 0) is 9.63 Å². The van der Waals surface area contributed by atoms with E-state index in [1.54, 1.807) is 11.3 Å². The van der Waals surface area contributed by atoms with Gasteiger partial charge in [-0.15, -0.1) is 11.3 Å². The number of hydrogen-bond acceptors (Lipinski definition) is 4. The Labute approximate surface area is 87.4 Å². The molecule has 0 aliphatic carbocycles. The van der Waals surface area contributed by atoms with Crippen molar-refractivity contribution in [3.8, 4) is 0 Å². The van der Waals surface area contributed by atoms with E-state index in [2.05, 4.69) is 10.9 Å². The van der Waals surface area contributed by atoms with E-state index < -0.39 is 0 Å². The van der Waals surface area contributed by atoms with Crippen LogP contribution in [0.3, 0.4) is 0 Å². The van der Waals surface area contributed by atoms with Gasteiger partial charge in [-0.2, -0.15) is 0 Å². The van der Waals surface area contributed by atoms with Gasteiger partial charge in [0.1, 0.15) is 6.61 Å². The Morgan fingerprint density at radius 3 is 2.86 bits per heavy atom. The van der Waals surface area contributed by atoms with Crippen LogP contribution in [-0.4, -0.2) is 18.7 Å². The first-order valence-corrected chi connectivity index (χ1v) is 5.00. The van der Waals surface area contributed by atoms with Gasteiger partial charge in [-0.25, -0.2) is 0 Å². The van der Waals surface area contributed by atoms with Crippen molar-refractivity contribution in [3.05, 3.63) is 22.4 Å². The number of oxime groups is 1. The summed E-state index contributed by atoms with van der Waals surface area (Å²) in [6.07, 6.45) is 0.250. The Kier molecular flexibility index (Phi) is 7.45. The highest BCUT2D eigenvalue weighted by atomic mass is 32.1. The van der Waals surface area contributed by atoms with Crippen molar-refractivity contribution in [2.24, 2.45) is 10.9 Å². The van der Waals surface area contributed by atoms with Crippen molar-refractivity contribution in [2.45, 2.75) is 13.8 Å². The lowest BCUT2D eigenvalue weighted by Crippen LogP contribution is -1.92. The maximum Gasteiger partial charge on any atom is 0.204 e. The molecule has 14 heavy (non-hydrogen) atoms. The van der Waals surface area contributed by atoms with Gasteiger partial charge in [0, 0.05) is 0 Å². The fourth-order valence-corrected chi connectivity index (χ4v) is 1.36. The molecule has 0 saturated carbocycles. The number of primary amides is 1. The summed E-state index contributed by atoms with van der Waals surface area (Å²) in [5.41, 5.74) is 5.11. The summed E-state index contributed by atoms with van der Waals surface area (Å²) in [4.78, 5) is 14.7. The number of amides is 1. The molecule has 0 unspecified atom stereocenters. The van der Waals surface area contributed by atoms with Crippen molar-refractivity contribution < 1.29 is 9.63 Å². The number of nitrogens with two attached hydrogens (primary N) is 1. The number of carbonyl (C=O) groups is 1. The first-order valence-electron chi connectivity index (χ1n) is 4.12. The summed E-state index contributed by atoms with van der Waals surface area (Å²) in [5, 5.41) is 5.94. The molecule has 0 aromatic carbocycles. The van der Waals surface area contributed by atoms with Gasteiger partial charge in [-0.05, 0) is 25.3 Å². The van der Waals surface area contributed by atoms with Gasteiger partial charge < -0.3 is 10.6 Å². The summed E-state index contributed by atoms with van der Waals surface area (Å²) in [6, 6.07) is 4.04. The number of hydrogen-bond donors (Lipinski definition) is 1. The van der Waals surface area contributed by atoms with Gasteiger partial charge in [0.15, 0.2) is 0 Å². The van der Waals surface area contributed by atoms with Crippen LogP contribution in [0, 0.1) is 0 Å². The van der Waals surface area contributed by atoms with E-state index in [1.165, 1.54) is 4.88 Å². The lowest BCUT2D eigenvalue weighted by Gasteiger charge is -1.95. The molecule has 1 amide bonds. The second-order valence-electron chi connectivity index (χ2n) is 2.21. The van der Waals surface area contributed by atoms with Crippen LogP contribution in [0.4, 0.5) is 0 Å². The molecule has 0 radical (unpaired) electrons. The Morgan fingerprint density at radius 1 is 1.79 bits per heavy atom. The fraction of sp³-hybridized carbons (Fsp3) is 0.333.